The van der Waals surface area contributed by atoms with Gasteiger partial charge in [0.25, 0.3) is 5.69 Å². The van der Waals surface area contributed by atoms with Crippen molar-refractivity contribution in [2.75, 3.05) is 7.05 Å². The van der Waals surface area contributed by atoms with Gasteiger partial charge in [0, 0.05) is 18.9 Å². The molecule has 3 rings (SSSR count). The first-order valence-corrected chi connectivity index (χ1v) is 7.60. The van der Waals surface area contributed by atoms with Crippen LogP contribution in [-0.2, 0) is 6.54 Å². The van der Waals surface area contributed by atoms with Gasteiger partial charge in [-0.2, -0.15) is 0 Å². The molecule has 4 nitrogen and oxygen atoms in total. The third-order valence-corrected chi connectivity index (χ3v) is 5.66. The molecule has 0 aromatic heterocycles. The largest absolute Gasteiger partial charge is 0.317 e. The number of piperidine rings is 1. The zero-order valence-electron chi connectivity index (χ0n) is 12.3. The fourth-order valence-electron chi connectivity index (χ4n) is 4.40. The molecule has 108 valence electrons. The maximum Gasteiger partial charge on any atom is 0.278 e. The van der Waals surface area contributed by atoms with E-state index in [0.29, 0.717) is 17.8 Å². The van der Waals surface area contributed by atoms with Gasteiger partial charge in [-0.25, -0.2) is 0 Å². The molecule has 0 saturated carbocycles. The number of rotatable bonds is 3. The molecule has 0 spiro atoms. The maximum absolute atomic E-state index is 11.3. The van der Waals surface area contributed by atoms with Gasteiger partial charge >= 0.3 is 0 Å². The Labute approximate surface area is 120 Å². The Morgan fingerprint density at radius 2 is 1.90 bits per heavy atom. The number of hydrogen-bond acceptors (Lipinski definition) is 2. The number of hydrogen-bond donors (Lipinski definition) is 0. The van der Waals surface area contributed by atoms with Crippen molar-refractivity contribution < 1.29 is 9.41 Å². The van der Waals surface area contributed by atoms with E-state index < -0.39 is 0 Å². The van der Waals surface area contributed by atoms with Crippen molar-refractivity contribution in [3.63, 3.8) is 0 Å². The monoisotopic (exact) mass is 275 g/mol. The number of nitro benzene ring substituents is 1. The molecule has 2 aliphatic heterocycles. The van der Waals surface area contributed by atoms with Gasteiger partial charge in [0.2, 0.25) is 0 Å². The molecule has 2 unspecified atom stereocenters. The Morgan fingerprint density at radius 3 is 2.50 bits per heavy atom. The van der Waals surface area contributed by atoms with Crippen LogP contribution in [0.4, 0.5) is 5.69 Å². The van der Waals surface area contributed by atoms with Crippen LogP contribution in [0.2, 0.25) is 0 Å². The van der Waals surface area contributed by atoms with Crippen LogP contribution < -0.4 is 0 Å². The standard InChI is InChI=1S/C16H23N2O2/c1-12-5-3-8-16(17(19)20)15(12)11-18(2)13-6-4-7-14(18)10-9-13/h3,5,8,13-14H,4,6-7,9-11H2,1-2H3/q+1. The second-order valence-corrected chi connectivity index (χ2v) is 6.65. The van der Waals surface area contributed by atoms with Gasteiger partial charge in [-0.05, 0) is 31.7 Å². The van der Waals surface area contributed by atoms with Crippen LogP contribution in [0.25, 0.3) is 0 Å². The highest BCUT2D eigenvalue weighted by molar-refractivity contribution is 5.44. The van der Waals surface area contributed by atoms with Crippen molar-refractivity contribution in [1.82, 2.24) is 0 Å². The Bertz CT molecular complexity index is 525. The van der Waals surface area contributed by atoms with E-state index in [1.807, 2.05) is 13.0 Å². The molecule has 20 heavy (non-hydrogen) atoms. The predicted molar refractivity (Wildman–Crippen MR) is 78.4 cm³/mol. The summed E-state index contributed by atoms with van der Waals surface area (Å²) in [6.07, 6.45) is 6.49. The van der Waals surface area contributed by atoms with E-state index in [1.165, 1.54) is 32.1 Å². The lowest BCUT2D eigenvalue weighted by Gasteiger charge is -2.45. The predicted octanol–water partition coefficient (Wildman–Crippen LogP) is 3.56. The summed E-state index contributed by atoms with van der Waals surface area (Å²) >= 11 is 0. The van der Waals surface area contributed by atoms with Crippen LogP contribution in [-0.4, -0.2) is 28.5 Å². The Kier molecular flexibility index (Phi) is 3.28. The normalized spacial score (nSPS) is 32.3. The lowest BCUT2D eigenvalue weighted by Crippen LogP contribution is -2.55. The SMILES string of the molecule is Cc1cccc([N+](=O)[O-])c1C[N+]1(C)C2CCCC1CC2. The van der Waals surface area contributed by atoms with Crippen molar-refractivity contribution in [2.45, 2.75) is 57.7 Å². The molecular weight excluding hydrogens is 252 g/mol. The molecule has 0 N–H and O–H groups in total. The molecule has 2 bridgehead atoms. The van der Waals surface area contributed by atoms with E-state index in [9.17, 15) is 10.1 Å². The van der Waals surface area contributed by atoms with E-state index in [1.54, 1.807) is 12.1 Å². The average molecular weight is 275 g/mol. The molecule has 0 radical (unpaired) electrons. The van der Waals surface area contributed by atoms with Crippen LogP contribution in [0.3, 0.4) is 0 Å². The lowest BCUT2D eigenvalue weighted by molar-refractivity contribution is -0.960. The highest BCUT2D eigenvalue weighted by Crippen LogP contribution is 2.43. The van der Waals surface area contributed by atoms with Crippen molar-refractivity contribution >= 4 is 5.69 Å². The maximum atomic E-state index is 11.3. The van der Waals surface area contributed by atoms with Crippen LogP contribution in [0, 0.1) is 17.0 Å². The minimum atomic E-state index is -0.222. The summed E-state index contributed by atoms with van der Waals surface area (Å²) < 4.78 is 1.02. The fourth-order valence-corrected chi connectivity index (χ4v) is 4.40. The molecule has 2 aliphatic rings. The Balaban J connectivity index is 1.97. The first-order valence-electron chi connectivity index (χ1n) is 7.60. The van der Waals surface area contributed by atoms with Crippen LogP contribution >= 0.6 is 0 Å². The molecule has 0 aliphatic carbocycles. The van der Waals surface area contributed by atoms with Gasteiger partial charge < -0.3 is 4.48 Å². The van der Waals surface area contributed by atoms with E-state index in [2.05, 4.69) is 7.05 Å². The second-order valence-electron chi connectivity index (χ2n) is 6.65. The van der Waals surface area contributed by atoms with Crippen molar-refractivity contribution in [3.05, 3.63) is 39.4 Å². The van der Waals surface area contributed by atoms with Gasteiger partial charge in [-0.3, -0.25) is 10.1 Å². The summed E-state index contributed by atoms with van der Waals surface area (Å²) in [6, 6.07) is 6.85. The minimum absolute atomic E-state index is 0.222. The molecular formula is C16H23N2O2+. The molecule has 1 aromatic carbocycles. The molecule has 2 fully saturated rings. The zero-order valence-corrected chi connectivity index (χ0v) is 12.3. The number of nitrogens with zero attached hydrogens (tertiary/aromatic N) is 2. The number of nitro groups is 1. The van der Waals surface area contributed by atoms with Crippen LogP contribution in [0.15, 0.2) is 18.2 Å². The van der Waals surface area contributed by atoms with Crippen molar-refractivity contribution in [1.29, 1.82) is 0 Å². The van der Waals surface area contributed by atoms with Gasteiger partial charge in [-0.15, -0.1) is 0 Å². The van der Waals surface area contributed by atoms with E-state index in [-0.39, 0.29) is 4.92 Å². The number of fused-ring (bicyclic) bond motifs is 2. The lowest BCUT2D eigenvalue weighted by atomic mass is 9.96. The third-order valence-electron chi connectivity index (χ3n) is 5.66. The topological polar surface area (TPSA) is 43.1 Å². The molecule has 2 atom stereocenters. The molecule has 0 amide bonds. The summed E-state index contributed by atoms with van der Waals surface area (Å²) in [6.45, 7) is 2.82. The summed E-state index contributed by atoms with van der Waals surface area (Å²) in [4.78, 5) is 11.1. The average Bonchev–Trinajstić information content (AvgIpc) is 2.61. The molecule has 2 heterocycles. The summed E-state index contributed by atoms with van der Waals surface area (Å²) in [5.74, 6) is 0. The van der Waals surface area contributed by atoms with E-state index in [0.717, 1.165) is 22.2 Å². The van der Waals surface area contributed by atoms with Crippen molar-refractivity contribution in [2.24, 2.45) is 0 Å². The van der Waals surface area contributed by atoms with Gasteiger partial charge in [0.1, 0.15) is 6.54 Å². The quantitative estimate of drug-likeness (QED) is 0.481. The van der Waals surface area contributed by atoms with E-state index >= 15 is 0 Å². The van der Waals surface area contributed by atoms with E-state index in [4.69, 9.17) is 0 Å². The van der Waals surface area contributed by atoms with Gasteiger partial charge in [0.05, 0.1) is 29.6 Å². The fraction of sp³-hybridized carbons (Fsp3) is 0.625. The zero-order chi connectivity index (χ0) is 14.3. The Hall–Kier alpha value is -1.42. The molecule has 1 aromatic rings. The highest BCUT2D eigenvalue weighted by atomic mass is 16.6. The Morgan fingerprint density at radius 1 is 1.25 bits per heavy atom. The van der Waals surface area contributed by atoms with Gasteiger partial charge in [0.15, 0.2) is 0 Å². The van der Waals surface area contributed by atoms with Crippen LogP contribution in [0.1, 0.15) is 43.2 Å². The first-order chi connectivity index (χ1) is 9.52. The van der Waals surface area contributed by atoms with Crippen LogP contribution in [0.5, 0.6) is 0 Å². The van der Waals surface area contributed by atoms with Gasteiger partial charge in [-0.1, -0.05) is 12.1 Å². The summed E-state index contributed by atoms with van der Waals surface area (Å²) in [5.41, 5.74) is 2.30. The number of aryl methyl sites for hydroxylation is 1. The first kappa shape index (κ1) is 13.6. The molecule has 2 saturated heterocycles. The summed E-state index contributed by atoms with van der Waals surface area (Å²) in [7, 11) is 2.32. The molecule has 4 heteroatoms. The summed E-state index contributed by atoms with van der Waals surface area (Å²) in [5, 5.41) is 11.3. The second kappa shape index (κ2) is 4.85. The number of quaternary nitrogens is 1. The highest BCUT2D eigenvalue weighted by Gasteiger charge is 2.49. The van der Waals surface area contributed by atoms with Crippen molar-refractivity contribution in [3.8, 4) is 0 Å². The third kappa shape index (κ3) is 2.03. The minimum Gasteiger partial charge on any atom is -0.317 e. The number of benzene rings is 1. The smallest absolute Gasteiger partial charge is 0.278 e.